The van der Waals surface area contributed by atoms with Crippen LogP contribution in [0.5, 0.6) is 0 Å². The Morgan fingerprint density at radius 2 is 0.921 bits per heavy atom. The van der Waals surface area contributed by atoms with Gasteiger partial charge in [0.15, 0.2) is 0 Å². The zero-order valence-electron chi connectivity index (χ0n) is 25.4. The molecular formula is C36H24N2. The van der Waals surface area contributed by atoms with Crippen LogP contribution in [-0.4, -0.2) is 9.13 Å². The standard InChI is InChI=1S/C36H24N2/c1-3-11-25(12-4-1)26-19-21-28(22-20-26)38-34-18-10-8-16-30(34)32-23-31-29-15-7-9-17-33(29)37(35(31)24-36(32)38)27-13-5-2-6-14-27/h1-24H/i1D,3D,4D,11D,12D. The Morgan fingerprint density at radius 3 is 1.53 bits per heavy atom. The highest BCUT2D eigenvalue weighted by Crippen LogP contribution is 2.39. The van der Waals surface area contributed by atoms with Crippen molar-refractivity contribution in [3.8, 4) is 22.5 Å². The number of para-hydroxylation sites is 3. The van der Waals surface area contributed by atoms with Gasteiger partial charge in [0.2, 0.25) is 0 Å². The third-order valence-corrected chi connectivity index (χ3v) is 7.39. The van der Waals surface area contributed by atoms with Crippen molar-refractivity contribution < 1.29 is 6.85 Å². The zero-order chi connectivity index (χ0) is 29.4. The van der Waals surface area contributed by atoms with E-state index in [2.05, 4.69) is 88.0 Å². The quantitative estimate of drug-likeness (QED) is 0.234. The Balaban J connectivity index is 1.41. The number of hydrogen-bond acceptors (Lipinski definition) is 0. The molecule has 0 bridgehead atoms. The summed E-state index contributed by atoms with van der Waals surface area (Å²) in [4.78, 5) is 0. The Bertz CT molecular complexity index is 2360. The van der Waals surface area contributed by atoms with E-state index in [1.54, 1.807) is 0 Å². The highest BCUT2D eigenvalue weighted by Gasteiger charge is 2.18. The van der Waals surface area contributed by atoms with Crippen LogP contribution in [0.25, 0.3) is 66.1 Å². The summed E-state index contributed by atoms with van der Waals surface area (Å²) in [7, 11) is 0. The summed E-state index contributed by atoms with van der Waals surface area (Å²) >= 11 is 0. The van der Waals surface area contributed by atoms with E-state index in [-0.39, 0.29) is 35.8 Å². The molecule has 6 aromatic carbocycles. The van der Waals surface area contributed by atoms with Crippen LogP contribution in [0.3, 0.4) is 0 Å². The molecule has 2 heteroatoms. The largest absolute Gasteiger partial charge is 0.309 e. The van der Waals surface area contributed by atoms with Gasteiger partial charge in [-0.1, -0.05) is 96.9 Å². The van der Waals surface area contributed by atoms with Crippen molar-refractivity contribution in [1.29, 1.82) is 0 Å². The van der Waals surface area contributed by atoms with Crippen LogP contribution in [-0.2, 0) is 0 Å². The van der Waals surface area contributed by atoms with E-state index in [1.807, 2.05) is 36.4 Å². The van der Waals surface area contributed by atoms with E-state index in [1.165, 1.54) is 10.8 Å². The minimum atomic E-state index is -0.389. The Morgan fingerprint density at radius 1 is 0.395 bits per heavy atom. The van der Waals surface area contributed by atoms with Crippen LogP contribution in [0.15, 0.2) is 145 Å². The maximum Gasteiger partial charge on any atom is 0.0629 e. The fourth-order valence-corrected chi connectivity index (χ4v) is 5.74. The average Bonchev–Trinajstić information content (AvgIpc) is 3.55. The summed E-state index contributed by atoms with van der Waals surface area (Å²) in [6.07, 6.45) is 0. The lowest BCUT2D eigenvalue weighted by Gasteiger charge is -2.11. The van der Waals surface area contributed by atoms with Gasteiger partial charge in [0.05, 0.1) is 28.9 Å². The van der Waals surface area contributed by atoms with Crippen LogP contribution in [0.1, 0.15) is 6.85 Å². The Hall–Kier alpha value is -5.08. The molecule has 0 aliphatic heterocycles. The van der Waals surface area contributed by atoms with Gasteiger partial charge in [-0.05, 0) is 59.7 Å². The normalized spacial score (nSPS) is 13.5. The van der Waals surface area contributed by atoms with Crippen molar-refractivity contribution in [2.24, 2.45) is 0 Å². The first kappa shape index (κ1) is 16.6. The monoisotopic (exact) mass is 489 g/mol. The molecule has 8 rings (SSSR count). The molecular weight excluding hydrogens is 460 g/mol. The number of hydrogen-bond donors (Lipinski definition) is 0. The lowest BCUT2D eigenvalue weighted by atomic mass is 10.1. The predicted molar refractivity (Wildman–Crippen MR) is 161 cm³/mol. The van der Waals surface area contributed by atoms with Crippen LogP contribution >= 0.6 is 0 Å². The van der Waals surface area contributed by atoms with Gasteiger partial charge in [-0.15, -0.1) is 0 Å². The molecule has 0 fully saturated rings. The molecule has 2 nitrogen and oxygen atoms in total. The number of nitrogens with zero attached hydrogens (tertiary/aromatic N) is 2. The SMILES string of the molecule is [2H]c1c([2H])c([2H])c(-c2ccc(-n3c4ccccc4c4cc5c6ccccc6n(-c6ccccc6)c5cc43)cc2)c([2H])c1[2H]. The molecule has 2 heterocycles. The first-order valence-corrected chi connectivity index (χ1v) is 12.6. The molecule has 0 saturated carbocycles. The maximum atomic E-state index is 8.42. The van der Waals surface area contributed by atoms with Gasteiger partial charge in [0, 0.05) is 32.9 Å². The molecule has 0 unspecified atom stereocenters. The zero-order valence-corrected chi connectivity index (χ0v) is 20.4. The summed E-state index contributed by atoms with van der Waals surface area (Å²) in [6.45, 7) is 0. The van der Waals surface area contributed by atoms with Gasteiger partial charge in [-0.2, -0.15) is 0 Å². The molecule has 0 saturated heterocycles. The van der Waals surface area contributed by atoms with Crippen molar-refractivity contribution in [1.82, 2.24) is 9.13 Å². The van der Waals surface area contributed by atoms with E-state index < -0.39 is 0 Å². The number of fused-ring (bicyclic) bond motifs is 6. The van der Waals surface area contributed by atoms with Crippen molar-refractivity contribution in [2.45, 2.75) is 0 Å². The summed E-state index contributed by atoms with van der Waals surface area (Å²) < 4.78 is 45.5. The molecule has 0 aliphatic rings. The summed E-state index contributed by atoms with van der Waals surface area (Å²) in [5.41, 5.74) is 7.18. The van der Waals surface area contributed by atoms with Crippen molar-refractivity contribution >= 4 is 43.6 Å². The fraction of sp³-hybridized carbons (Fsp3) is 0. The molecule has 2 aromatic heterocycles. The van der Waals surface area contributed by atoms with Gasteiger partial charge in [0.25, 0.3) is 0 Å². The minimum absolute atomic E-state index is 0.202. The van der Waals surface area contributed by atoms with Crippen molar-refractivity contribution in [3.05, 3.63) is 145 Å². The third-order valence-electron chi connectivity index (χ3n) is 7.39. The van der Waals surface area contributed by atoms with E-state index in [0.29, 0.717) is 5.56 Å². The second-order valence-electron chi connectivity index (χ2n) is 9.47. The smallest absolute Gasteiger partial charge is 0.0629 e. The molecule has 0 aliphatic carbocycles. The molecule has 178 valence electrons. The molecule has 8 aromatic rings. The highest BCUT2D eigenvalue weighted by atomic mass is 15.0. The van der Waals surface area contributed by atoms with Gasteiger partial charge in [-0.3, -0.25) is 0 Å². The highest BCUT2D eigenvalue weighted by molar-refractivity contribution is 6.19. The molecule has 0 N–H and O–H groups in total. The third kappa shape index (κ3) is 3.07. The van der Waals surface area contributed by atoms with Crippen molar-refractivity contribution in [3.63, 3.8) is 0 Å². The van der Waals surface area contributed by atoms with E-state index in [9.17, 15) is 0 Å². The number of benzene rings is 6. The topological polar surface area (TPSA) is 9.86 Å². The maximum absolute atomic E-state index is 8.42. The summed E-state index contributed by atoms with van der Waals surface area (Å²) in [5, 5.41) is 4.67. The number of aromatic nitrogens is 2. The lowest BCUT2D eigenvalue weighted by Crippen LogP contribution is -1.95. The number of rotatable bonds is 3. The molecule has 0 radical (unpaired) electrons. The molecule has 0 spiro atoms. The molecule has 38 heavy (non-hydrogen) atoms. The van der Waals surface area contributed by atoms with Gasteiger partial charge in [0.1, 0.15) is 0 Å². The molecule has 0 amide bonds. The minimum Gasteiger partial charge on any atom is -0.309 e. The fourth-order valence-electron chi connectivity index (χ4n) is 5.74. The first-order valence-electron chi connectivity index (χ1n) is 15.1. The van der Waals surface area contributed by atoms with Gasteiger partial charge in [-0.25, -0.2) is 0 Å². The van der Waals surface area contributed by atoms with Crippen LogP contribution in [0.2, 0.25) is 0 Å². The van der Waals surface area contributed by atoms with Gasteiger partial charge < -0.3 is 9.13 Å². The van der Waals surface area contributed by atoms with Crippen LogP contribution < -0.4 is 0 Å². The lowest BCUT2D eigenvalue weighted by molar-refractivity contribution is 1.16. The Labute approximate surface area is 227 Å². The predicted octanol–water partition coefficient (Wildman–Crippen LogP) is 9.55. The molecule has 0 atom stereocenters. The first-order chi connectivity index (χ1) is 20.9. The average molecular weight is 490 g/mol. The van der Waals surface area contributed by atoms with Gasteiger partial charge >= 0.3 is 0 Å². The van der Waals surface area contributed by atoms with Crippen LogP contribution in [0, 0.1) is 0 Å². The summed E-state index contributed by atoms with van der Waals surface area (Å²) in [5.74, 6) is 0. The Kier molecular flexibility index (Phi) is 3.60. The van der Waals surface area contributed by atoms with E-state index >= 15 is 0 Å². The second kappa shape index (κ2) is 8.22. The van der Waals surface area contributed by atoms with Crippen LogP contribution in [0.4, 0.5) is 0 Å². The second-order valence-corrected chi connectivity index (χ2v) is 9.47. The van der Waals surface area contributed by atoms with E-state index in [0.717, 1.165) is 44.2 Å². The summed E-state index contributed by atoms with van der Waals surface area (Å²) in [6, 6.07) is 38.0. The van der Waals surface area contributed by atoms with Crippen molar-refractivity contribution in [2.75, 3.05) is 0 Å². The van der Waals surface area contributed by atoms with E-state index in [4.69, 9.17) is 6.85 Å².